The van der Waals surface area contributed by atoms with Gasteiger partial charge in [-0.2, -0.15) is 0 Å². The highest BCUT2D eigenvalue weighted by atomic mass is 16.7. The Morgan fingerprint density at radius 3 is 2.48 bits per heavy atom. The highest BCUT2D eigenvalue weighted by Crippen LogP contribution is 2.33. The monoisotopic (exact) mass is 461 g/mol. The van der Waals surface area contributed by atoms with E-state index in [0.29, 0.717) is 25.2 Å². The Hall–Kier alpha value is -2.42. The number of allylic oxidation sites excluding steroid dienone is 1. The van der Waals surface area contributed by atoms with E-state index in [9.17, 15) is 9.59 Å². The minimum atomic E-state index is -0.600. The zero-order chi connectivity index (χ0) is 23.6. The number of ether oxygens (including phenoxy) is 4. The SMILES string of the molecule is COC(=O)c1ccc(C2C=C(C(=O)N(C)C3CCCCC3)OC(OCCOCCO)C2)cc1. The maximum absolute atomic E-state index is 13.3. The standard InChI is InChI=1S/C25H35NO7/c1-26(21-6-4-3-5-7-21)24(28)22-16-20(17-23(33-22)32-15-14-31-13-12-27)18-8-10-19(11-9-18)25(29)30-2/h8-11,16,20-21,23,27H,3-7,12-15,17H2,1-2H3. The fourth-order valence-electron chi connectivity index (χ4n) is 4.34. The number of aliphatic hydroxyl groups excluding tert-OH is 1. The summed E-state index contributed by atoms with van der Waals surface area (Å²) in [6.07, 6.45) is 7.30. The van der Waals surface area contributed by atoms with E-state index in [-0.39, 0.29) is 36.8 Å². The Bertz CT molecular complexity index is 801. The Morgan fingerprint density at radius 1 is 1.09 bits per heavy atom. The first kappa shape index (κ1) is 25.2. The van der Waals surface area contributed by atoms with Gasteiger partial charge in [0.05, 0.1) is 39.1 Å². The van der Waals surface area contributed by atoms with Crippen LogP contribution in [0.5, 0.6) is 0 Å². The van der Waals surface area contributed by atoms with Crippen LogP contribution in [0.4, 0.5) is 0 Å². The molecule has 0 aromatic heterocycles. The fourth-order valence-corrected chi connectivity index (χ4v) is 4.34. The lowest BCUT2D eigenvalue weighted by atomic mass is 9.91. The summed E-state index contributed by atoms with van der Waals surface area (Å²) >= 11 is 0. The van der Waals surface area contributed by atoms with Crippen molar-refractivity contribution in [1.29, 1.82) is 0 Å². The van der Waals surface area contributed by atoms with Gasteiger partial charge in [-0.05, 0) is 36.6 Å². The van der Waals surface area contributed by atoms with Gasteiger partial charge in [0, 0.05) is 25.4 Å². The smallest absolute Gasteiger partial charge is 0.337 e. The van der Waals surface area contributed by atoms with Crippen LogP contribution in [0.3, 0.4) is 0 Å². The molecule has 1 aliphatic heterocycles. The minimum absolute atomic E-state index is 0.0432. The average Bonchev–Trinajstić information content (AvgIpc) is 2.87. The third kappa shape index (κ3) is 7.03. The van der Waals surface area contributed by atoms with Gasteiger partial charge in [0.2, 0.25) is 6.29 Å². The number of hydrogen-bond donors (Lipinski definition) is 1. The summed E-state index contributed by atoms with van der Waals surface area (Å²) in [5, 5.41) is 8.83. The molecule has 8 heteroatoms. The van der Waals surface area contributed by atoms with E-state index in [1.807, 2.05) is 25.3 Å². The molecule has 0 spiro atoms. The molecule has 1 aromatic carbocycles. The van der Waals surface area contributed by atoms with Crippen LogP contribution < -0.4 is 0 Å². The van der Waals surface area contributed by atoms with Gasteiger partial charge in [0.25, 0.3) is 5.91 Å². The van der Waals surface area contributed by atoms with Crippen molar-refractivity contribution in [1.82, 2.24) is 4.90 Å². The molecule has 1 saturated carbocycles. The lowest BCUT2D eigenvalue weighted by Gasteiger charge is -2.34. The zero-order valence-corrected chi connectivity index (χ0v) is 19.5. The van der Waals surface area contributed by atoms with Crippen molar-refractivity contribution in [3.05, 3.63) is 47.2 Å². The topological polar surface area (TPSA) is 94.5 Å². The maximum Gasteiger partial charge on any atom is 0.337 e. The summed E-state index contributed by atoms with van der Waals surface area (Å²) in [5.41, 5.74) is 1.43. The Labute approximate surface area is 195 Å². The largest absolute Gasteiger partial charge is 0.465 e. The zero-order valence-electron chi connectivity index (χ0n) is 19.5. The highest BCUT2D eigenvalue weighted by molar-refractivity contribution is 5.92. The van der Waals surface area contributed by atoms with Crippen molar-refractivity contribution in [2.24, 2.45) is 0 Å². The number of hydrogen-bond acceptors (Lipinski definition) is 7. The first-order chi connectivity index (χ1) is 16.0. The fraction of sp³-hybridized carbons (Fsp3) is 0.600. The molecule has 2 atom stereocenters. The second kappa shape index (κ2) is 12.7. The molecule has 1 heterocycles. The van der Waals surface area contributed by atoms with Crippen LogP contribution in [-0.2, 0) is 23.7 Å². The molecule has 1 N–H and O–H groups in total. The number of methoxy groups -OCH3 is 1. The van der Waals surface area contributed by atoms with Crippen LogP contribution in [0.25, 0.3) is 0 Å². The molecule has 0 saturated heterocycles. The van der Waals surface area contributed by atoms with Gasteiger partial charge >= 0.3 is 5.97 Å². The summed E-state index contributed by atoms with van der Waals surface area (Å²) in [7, 11) is 3.19. The molecule has 1 aromatic rings. The van der Waals surface area contributed by atoms with E-state index in [2.05, 4.69) is 0 Å². The van der Waals surface area contributed by atoms with E-state index < -0.39 is 12.3 Å². The van der Waals surface area contributed by atoms with E-state index in [0.717, 1.165) is 31.2 Å². The molecule has 3 rings (SSSR count). The Morgan fingerprint density at radius 2 is 1.82 bits per heavy atom. The summed E-state index contributed by atoms with van der Waals surface area (Å²) in [5.74, 6) is -0.341. The van der Waals surface area contributed by atoms with E-state index in [4.69, 9.17) is 24.1 Å². The highest BCUT2D eigenvalue weighted by Gasteiger charge is 2.32. The molecular weight excluding hydrogens is 426 g/mol. The van der Waals surface area contributed by atoms with Crippen molar-refractivity contribution in [3.63, 3.8) is 0 Å². The second-order valence-electron chi connectivity index (χ2n) is 8.45. The van der Waals surface area contributed by atoms with Gasteiger partial charge in [-0.1, -0.05) is 31.4 Å². The van der Waals surface area contributed by atoms with Crippen molar-refractivity contribution in [2.75, 3.05) is 40.6 Å². The molecule has 2 aliphatic rings. The van der Waals surface area contributed by atoms with Crippen LogP contribution in [-0.4, -0.2) is 74.8 Å². The molecule has 8 nitrogen and oxygen atoms in total. The number of rotatable bonds is 10. The van der Waals surface area contributed by atoms with Crippen LogP contribution >= 0.6 is 0 Å². The molecule has 33 heavy (non-hydrogen) atoms. The van der Waals surface area contributed by atoms with E-state index >= 15 is 0 Å². The number of esters is 1. The number of aliphatic hydroxyl groups is 1. The first-order valence-electron chi connectivity index (χ1n) is 11.7. The van der Waals surface area contributed by atoms with E-state index in [1.54, 1.807) is 17.0 Å². The van der Waals surface area contributed by atoms with Gasteiger partial charge in [-0.15, -0.1) is 0 Å². The molecule has 0 bridgehead atoms. The van der Waals surface area contributed by atoms with Gasteiger partial charge in [-0.3, -0.25) is 4.79 Å². The third-order valence-electron chi connectivity index (χ3n) is 6.24. The number of amides is 1. The lowest BCUT2D eigenvalue weighted by molar-refractivity contribution is -0.157. The summed E-state index contributed by atoms with van der Waals surface area (Å²) in [4.78, 5) is 26.8. The van der Waals surface area contributed by atoms with Crippen LogP contribution in [0, 0.1) is 0 Å². The van der Waals surface area contributed by atoms with Crippen molar-refractivity contribution in [3.8, 4) is 0 Å². The third-order valence-corrected chi connectivity index (χ3v) is 6.24. The number of nitrogens with zero attached hydrogens (tertiary/aromatic N) is 1. The second-order valence-corrected chi connectivity index (χ2v) is 8.45. The number of carbonyl (C=O) groups excluding carboxylic acids is 2. The number of benzene rings is 1. The number of likely N-dealkylation sites (N-methyl/N-ethyl adjacent to an activating group) is 1. The van der Waals surface area contributed by atoms with Crippen molar-refractivity contribution in [2.45, 2.75) is 56.8 Å². The summed E-state index contributed by atoms with van der Waals surface area (Å²) < 4.78 is 21.9. The van der Waals surface area contributed by atoms with Gasteiger partial charge in [-0.25, -0.2) is 4.79 Å². The lowest BCUT2D eigenvalue weighted by Crippen LogP contribution is -2.41. The van der Waals surface area contributed by atoms with Crippen molar-refractivity contribution < 1.29 is 33.6 Å². The Kier molecular flexibility index (Phi) is 9.72. The minimum Gasteiger partial charge on any atom is -0.465 e. The van der Waals surface area contributed by atoms with Crippen LogP contribution in [0.1, 0.15) is 60.4 Å². The number of carbonyl (C=O) groups is 2. The Balaban J connectivity index is 1.74. The van der Waals surface area contributed by atoms with Crippen molar-refractivity contribution >= 4 is 11.9 Å². The van der Waals surface area contributed by atoms with Gasteiger partial charge in [0.1, 0.15) is 0 Å². The van der Waals surface area contributed by atoms with Crippen LogP contribution in [0.2, 0.25) is 0 Å². The predicted octanol–water partition coefficient (Wildman–Crippen LogP) is 3.00. The molecule has 1 amide bonds. The molecule has 1 fully saturated rings. The first-order valence-corrected chi connectivity index (χ1v) is 11.7. The maximum atomic E-state index is 13.3. The average molecular weight is 462 g/mol. The van der Waals surface area contributed by atoms with Crippen LogP contribution in [0.15, 0.2) is 36.1 Å². The molecule has 1 aliphatic carbocycles. The predicted molar refractivity (Wildman–Crippen MR) is 122 cm³/mol. The quantitative estimate of drug-likeness (QED) is 0.423. The molecule has 2 unspecified atom stereocenters. The summed E-state index contributed by atoms with van der Waals surface area (Å²) in [6, 6.07) is 7.40. The van der Waals surface area contributed by atoms with E-state index in [1.165, 1.54) is 13.5 Å². The normalized spacial score (nSPS) is 21.1. The van der Waals surface area contributed by atoms with Gasteiger partial charge in [0.15, 0.2) is 5.76 Å². The molecular formula is C25H35NO7. The molecule has 0 radical (unpaired) electrons. The van der Waals surface area contributed by atoms with Gasteiger partial charge < -0.3 is 29.0 Å². The molecule has 182 valence electrons. The summed E-state index contributed by atoms with van der Waals surface area (Å²) in [6.45, 7) is 0.824.